The molecule has 1 nitrogen and oxygen atoms in total. The van der Waals surface area contributed by atoms with Crippen LogP contribution in [0.4, 0.5) is 10.1 Å². The summed E-state index contributed by atoms with van der Waals surface area (Å²) in [5, 5.41) is 3.33. The van der Waals surface area contributed by atoms with Crippen LogP contribution in [0.15, 0.2) is 46.9 Å². The maximum absolute atomic E-state index is 13.4. The highest BCUT2D eigenvalue weighted by molar-refractivity contribution is 9.10. The molecule has 0 aliphatic rings. The minimum absolute atomic E-state index is 0.235. The molecule has 1 atom stereocenters. The molecule has 106 valence electrons. The van der Waals surface area contributed by atoms with Crippen molar-refractivity contribution in [1.29, 1.82) is 0 Å². The van der Waals surface area contributed by atoms with Gasteiger partial charge in [0.1, 0.15) is 5.82 Å². The predicted molar refractivity (Wildman–Crippen MR) is 86.7 cm³/mol. The van der Waals surface area contributed by atoms with Gasteiger partial charge in [0.25, 0.3) is 0 Å². The van der Waals surface area contributed by atoms with Gasteiger partial charge in [-0.25, -0.2) is 4.39 Å². The molecule has 0 amide bonds. The first-order valence-electron chi connectivity index (χ1n) is 6.82. The van der Waals surface area contributed by atoms with Crippen LogP contribution in [0.5, 0.6) is 0 Å². The molecule has 0 radical (unpaired) electrons. The molecule has 0 aliphatic carbocycles. The van der Waals surface area contributed by atoms with E-state index < -0.39 is 0 Å². The van der Waals surface area contributed by atoms with E-state index in [0.29, 0.717) is 10.5 Å². The monoisotopic (exact) mass is 335 g/mol. The lowest BCUT2D eigenvalue weighted by molar-refractivity contribution is 0.620. The van der Waals surface area contributed by atoms with Gasteiger partial charge in [0.2, 0.25) is 0 Å². The van der Waals surface area contributed by atoms with Crippen LogP contribution in [0.1, 0.15) is 24.5 Å². The number of anilines is 1. The SMILES string of the molecule is Cc1cccc(CCC(C)Nc2ccc(Br)c(F)c2)c1. The third-order valence-electron chi connectivity index (χ3n) is 3.28. The fourth-order valence-corrected chi connectivity index (χ4v) is 2.44. The van der Waals surface area contributed by atoms with E-state index in [9.17, 15) is 4.39 Å². The zero-order chi connectivity index (χ0) is 14.5. The van der Waals surface area contributed by atoms with Crippen molar-refractivity contribution in [3.63, 3.8) is 0 Å². The molecule has 0 saturated heterocycles. The maximum Gasteiger partial charge on any atom is 0.139 e. The number of hydrogen-bond donors (Lipinski definition) is 1. The van der Waals surface area contributed by atoms with Crippen molar-refractivity contribution < 1.29 is 4.39 Å². The van der Waals surface area contributed by atoms with Gasteiger partial charge in [0, 0.05) is 11.7 Å². The first-order chi connectivity index (χ1) is 9.54. The van der Waals surface area contributed by atoms with E-state index in [1.165, 1.54) is 17.2 Å². The van der Waals surface area contributed by atoms with E-state index in [0.717, 1.165) is 18.5 Å². The average Bonchev–Trinajstić information content (AvgIpc) is 2.41. The Bertz CT molecular complexity index is 583. The van der Waals surface area contributed by atoms with Crippen LogP contribution in [0, 0.1) is 12.7 Å². The Morgan fingerprint density at radius 2 is 2.00 bits per heavy atom. The van der Waals surface area contributed by atoms with E-state index in [2.05, 4.69) is 59.4 Å². The Balaban J connectivity index is 1.89. The van der Waals surface area contributed by atoms with Gasteiger partial charge in [-0.3, -0.25) is 0 Å². The molecule has 20 heavy (non-hydrogen) atoms. The van der Waals surface area contributed by atoms with E-state index in [1.54, 1.807) is 6.07 Å². The molecule has 2 aromatic rings. The first kappa shape index (κ1) is 15.0. The second-order valence-corrected chi connectivity index (χ2v) is 6.06. The minimum Gasteiger partial charge on any atom is -0.382 e. The van der Waals surface area contributed by atoms with E-state index in [4.69, 9.17) is 0 Å². The van der Waals surface area contributed by atoms with Crippen LogP contribution in [0.25, 0.3) is 0 Å². The number of halogens is 2. The van der Waals surface area contributed by atoms with Crippen LogP contribution in [0.2, 0.25) is 0 Å². The van der Waals surface area contributed by atoms with Crippen molar-refractivity contribution in [2.45, 2.75) is 32.7 Å². The molecule has 1 N–H and O–H groups in total. The van der Waals surface area contributed by atoms with E-state index in [-0.39, 0.29) is 5.82 Å². The summed E-state index contributed by atoms with van der Waals surface area (Å²) >= 11 is 3.16. The number of benzene rings is 2. The summed E-state index contributed by atoms with van der Waals surface area (Å²) in [7, 11) is 0. The molecule has 0 spiro atoms. The molecule has 0 bridgehead atoms. The molecule has 2 aromatic carbocycles. The Labute approximate surface area is 128 Å². The number of aryl methyl sites for hydroxylation is 2. The van der Waals surface area contributed by atoms with Crippen LogP contribution in [0.3, 0.4) is 0 Å². The Kier molecular flexibility index (Phi) is 5.18. The van der Waals surface area contributed by atoms with Crippen LogP contribution >= 0.6 is 15.9 Å². The summed E-state index contributed by atoms with van der Waals surface area (Å²) in [6.07, 6.45) is 2.04. The third kappa shape index (κ3) is 4.34. The van der Waals surface area contributed by atoms with Gasteiger partial charge in [-0.2, -0.15) is 0 Å². The van der Waals surface area contributed by atoms with Crippen molar-refractivity contribution in [2.75, 3.05) is 5.32 Å². The second-order valence-electron chi connectivity index (χ2n) is 5.20. The third-order valence-corrected chi connectivity index (χ3v) is 3.92. The highest BCUT2D eigenvalue weighted by Gasteiger charge is 2.05. The minimum atomic E-state index is -0.235. The molecule has 0 aliphatic heterocycles. The maximum atomic E-state index is 13.4. The Hall–Kier alpha value is -1.35. The highest BCUT2D eigenvalue weighted by Crippen LogP contribution is 2.20. The normalized spacial score (nSPS) is 12.2. The van der Waals surface area contributed by atoms with Crippen LogP contribution in [-0.4, -0.2) is 6.04 Å². The average molecular weight is 336 g/mol. The lowest BCUT2D eigenvalue weighted by Gasteiger charge is -2.15. The first-order valence-corrected chi connectivity index (χ1v) is 7.61. The summed E-state index contributed by atoms with van der Waals surface area (Å²) in [6, 6.07) is 14.0. The van der Waals surface area contributed by atoms with Crippen molar-refractivity contribution in [1.82, 2.24) is 0 Å². The summed E-state index contributed by atoms with van der Waals surface area (Å²) in [6.45, 7) is 4.23. The fourth-order valence-electron chi connectivity index (χ4n) is 2.19. The largest absolute Gasteiger partial charge is 0.382 e. The number of rotatable bonds is 5. The van der Waals surface area contributed by atoms with Crippen molar-refractivity contribution in [3.8, 4) is 0 Å². The Morgan fingerprint density at radius 3 is 2.70 bits per heavy atom. The number of hydrogen-bond acceptors (Lipinski definition) is 1. The molecule has 0 heterocycles. The molecule has 0 fully saturated rings. The van der Waals surface area contributed by atoms with Crippen molar-refractivity contribution in [2.24, 2.45) is 0 Å². The standard InChI is InChI=1S/C17H19BrFN/c1-12-4-3-5-14(10-12)7-6-13(2)20-15-8-9-16(18)17(19)11-15/h3-5,8-11,13,20H,6-7H2,1-2H3. The molecule has 3 heteroatoms. The lowest BCUT2D eigenvalue weighted by atomic mass is 10.0. The zero-order valence-electron chi connectivity index (χ0n) is 11.8. The zero-order valence-corrected chi connectivity index (χ0v) is 13.4. The lowest BCUT2D eigenvalue weighted by Crippen LogP contribution is -2.16. The quantitative estimate of drug-likeness (QED) is 0.778. The van der Waals surface area contributed by atoms with Crippen molar-refractivity contribution >= 4 is 21.6 Å². The molecule has 0 saturated carbocycles. The van der Waals surface area contributed by atoms with Gasteiger partial charge in [0.05, 0.1) is 4.47 Å². The van der Waals surface area contributed by atoms with Gasteiger partial charge in [-0.1, -0.05) is 29.8 Å². The predicted octanol–water partition coefficient (Wildman–Crippen LogP) is 5.33. The van der Waals surface area contributed by atoms with Gasteiger partial charge in [0.15, 0.2) is 0 Å². The molecular weight excluding hydrogens is 317 g/mol. The number of nitrogens with one attached hydrogen (secondary N) is 1. The second kappa shape index (κ2) is 6.89. The summed E-state index contributed by atoms with van der Waals surface area (Å²) in [5.74, 6) is -0.235. The van der Waals surface area contributed by atoms with E-state index in [1.807, 2.05) is 6.07 Å². The highest BCUT2D eigenvalue weighted by atomic mass is 79.9. The smallest absolute Gasteiger partial charge is 0.139 e. The topological polar surface area (TPSA) is 12.0 Å². The Morgan fingerprint density at radius 1 is 1.20 bits per heavy atom. The molecular formula is C17H19BrFN. The van der Waals surface area contributed by atoms with Crippen LogP contribution < -0.4 is 5.32 Å². The summed E-state index contributed by atoms with van der Waals surface area (Å²) in [4.78, 5) is 0. The van der Waals surface area contributed by atoms with Crippen LogP contribution in [-0.2, 0) is 6.42 Å². The van der Waals surface area contributed by atoms with Gasteiger partial charge in [-0.05, 0) is 66.4 Å². The van der Waals surface area contributed by atoms with E-state index >= 15 is 0 Å². The molecule has 2 rings (SSSR count). The summed E-state index contributed by atoms with van der Waals surface area (Å²) < 4.78 is 13.9. The van der Waals surface area contributed by atoms with Gasteiger partial charge >= 0.3 is 0 Å². The fraction of sp³-hybridized carbons (Fsp3) is 0.294. The molecule has 0 aromatic heterocycles. The molecule has 1 unspecified atom stereocenters. The van der Waals surface area contributed by atoms with Gasteiger partial charge < -0.3 is 5.32 Å². The van der Waals surface area contributed by atoms with Gasteiger partial charge in [-0.15, -0.1) is 0 Å². The van der Waals surface area contributed by atoms with Crippen molar-refractivity contribution in [3.05, 3.63) is 63.9 Å². The summed E-state index contributed by atoms with van der Waals surface area (Å²) in [5.41, 5.74) is 3.46.